The second kappa shape index (κ2) is 8.69. The van der Waals surface area contributed by atoms with Crippen molar-refractivity contribution in [2.45, 2.75) is 45.4 Å². The van der Waals surface area contributed by atoms with Gasteiger partial charge < -0.3 is 10.6 Å². The molecule has 0 aliphatic heterocycles. The van der Waals surface area contributed by atoms with Gasteiger partial charge in [0.2, 0.25) is 5.91 Å². The Morgan fingerprint density at radius 1 is 1.05 bits per heavy atom. The largest absolute Gasteiger partial charge is 0.355 e. The number of nitrogens with one attached hydrogen (secondary N) is 2. The quantitative estimate of drug-likeness (QED) is 0.543. The van der Waals surface area contributed by atoms with E-state index in [2.05, 4.69) is 23.6 Å². The van der Waals surface area contributed by atoms with Gasteiger partial charge in [0, 0.05) is 31.5 Å². The SMILES string of the molecule is CCCNCCNC(=O)CCC(=O)c1ccc2c(c1)CCC2. The highest BCUT2D eigenvalue weighted by Crippen LogP contribution is 2.23. The molecule has 0 spiro atoms. The van der Waals surface area contributed by atoms with Gasteiger partial charge in [0.15, 0.2) is 5.78 Å². The van der Waals surface area contributed by atoms with E-state index in [9.17, 15) is 9.59 Å². The van der Waals surface area contributed by atoms with Gasteiger partial charge in [-0.3, -0.25) is 9.59 Å². The molecule has 2 rings (SSSR count). The number of rotatable bonds is 9. The molecule has 1 amide bonds. The third kappa shape index (κ3) is 4.95. The molecular weight excluding hydrogens is 276 g/mol. The third-order valence-corrected chi connectivity index (χ3v) is 4.05. The van der Waals surface area contributed by atoms with Crippen molar-refractivity contribution in [2.75, 3.05) is 19.6 Å². The molecule has 0 aromatic heterocycles. The maximum absolute atomic E-state index is 12.2. The van der Waals surface area contributed by atoms with Crippen LogP contribution in [0.2, 0.25) is 0 Å². The lowest BCUT2D eigenvalue weighted by molar-refractivity contribution is -0.121. The molecule has 0 fully saturated rings. The Morgan fingerprint density at radius 2 is 1.86 bits per heavy atom. The molecule has 0 bridgehead atoms. The van der Waals surface area contributed by atoms with Crippen molar-refractivity contribution >= 4 is 11.7 Å². The van der Waals surface area contributed by atoms with Crippen molar-refractivity contribution in [2.24, 2.45) is 0 Å². The Kier molecular flexibility index (Phi) is 6.59. The number of ketones is 1. The second-order valence-corrected chi connectivity index (χ2v) is 5.86. The molecule has 2 N–H and O–H groups in total. The molecule has 1 aromatic carbocycles. The molecule has 0 radical (unpaired) electrons. The molecular formula is C18H26N2O2. The van der Waals surface area contributed by atoms with E-state index in [0.29, 0.717) is 6.54 Å². The average Bonchev–Trinajstić information content (AvgIpc) is 2.99. The Labute approximate surface area is 132 Å². The van der Waals surface area contributed by atoms with Gasteiger partial charge in [-0.05, 0) is 49.4 Å². The molecule has 4 heteroatoms. The van der Waals surface area contributed by atoms with Gasteiger partial charge in [-0.1, -0.05) is 19.1 Å². The molecule has 0 heterocycles. The number of hydrogen-bond acceptors (Lipinski definition) is 3. The second-order valence-electron chi connectivity index (χ2n) is 5.86. The smallest absolute Gasteiger partial charge is 0.220 e. The first kappa shape index (κ1) is 16.7. The van der Waals surface area contributed by atoms with Crippen LogP contribution in [0, 0.1) is 0 Å². The van der Waals surface area contributed by atoms with Crippen LogP contribution >= 0.6 is 0 Å². The number of hydrogen-bond donors (Lipinski definition) is 2. The molecule has 1 aromatic rings. The predicted octanol–water partition coefficient (Wildman–Crippen LogP) is 2.25. The Balaban J connectivity index is 1.70. The summed E-state index contributed by atoms with van der Waals surface area (Å²) >= 11 is 0. The number of carbonyl (C=O) groups is 2. The first-order chi connectivity index (χ1) is 10.7. The van der Waals surface area contributed by atoms with Crippen molar-refractivity contribution in [1.82, 2.24) is 10.6 Å². The lowest BCUT2D eigenvalue weighted by Gasteiger charge is -2.07. The number of fused-ring (bicyclic) bond motifs is 1. The zero-order valence-corrected chi connectivity index (χ0v) is 13.4. The third-order valence-electron chi connectivity index (χ3n) is 4.05. The first-order valence-corrected chi connectivity index (χ1v) is 8.33. The Bertz CT molecular complexity index is 526. The van der Waals surface area contributed by atoms with Gasteiger partial charge in [-0.25, -0.2) is 0 Å². The van der Waals surface area contributed by atoms with E-state index >= 15 is 0 Å². The van der Waals surface area contributed by atoms with Crippen molar-refractivity contribution in [3.63, 3.8) is 0 Å². The molecule has 0 saturated heterocycles. The number of aryl methyl sites for hydroxylation is 2. The van der Waals surface area contributed by atoms with Crippen LogP contribution in [0.15, 0.2) is 18.2 Å². The van der Waals surface area contributed by atoms with Gasteiger partial charge in [-0.15, -0.1) is 0 Å². The van der Waals surface area contributed by atoms with Gasteiger partial charge in [0.1, 0.15) is 0 Å². The number of amides is 1. The lowest BCUT2D eigenvalue weighted by atomic mass is 10.0. The minimum Gasteiger partial charge on any atom is -0.355 e. The summed E-state index contributed by atoms with van der Waals surface area (Å²) in [4.78, 5) is 23.9. The molecule has 1 aliphatic rings. The van der Waals surface area contributed by atoms with Crippen LogP contribution < -0.4 is 10.6 Å². The number of benzene rings is 1. The normalized spacial score (nSPS) is 13.0. The van der Waals surface area contributed by atoms with Gasteiger partial charge in [-0.2, -0.15) is 0 Å². The average molecular weight is 302 g/mol. The summed E-state index contributed by atoms with van der Waals surface area (Å²) < 4.78 is 0. The number of carbonyl (C=O) groups excluding carboxylic acids is 2. The highest BCUT2D eigenvalue weighted by molar-refractivity contribution is 5.98. The summed E-state index contributed by atoms with van der Waals surface area (Å²) in [5.41, 5.74) is 3.42. The van der Waals surface area contributed by atoms with Crippen molar-refractivity contribution in [3.05, 3.63) is 34.9 Å². The molecule has 120 valence electrons. The zero-order chi connectivity index (χ0) is 15.8. The molecule has 0 unspecified atom stereocenters. The molecule has 4 nitrogen and oxygen atoms in total. The first-order valence-electron chi connectivity index (χ1n) is 8.33. The van der Waals surface area contributed by atoms with E-state index in [1.807, 2.05) is 12.1 Å². The monoisotopic (exact) mass is 302 g/mol. The van der Waals surface area contributed by atoms with E-state index in [-0.39, 0.29) is 24.5 Å². The van der Waals surface area contributed by atoms with Crippen molar-refractivity contribution in [1.29, 1.82) is 0 Å². The Hall–Kier alpha value is -1.68. The molecule has 0 atom stereocenters. The van der Waals surface area contributed by atoms with E-state index in [4.69, 9.17) is 0 Å². The summed E-state index contributed by atoms with van der Waals surface area (Å²) in [7, 11) is 0. The fourth-order valence-electron chi connectivity index (χ4n) is 2.80. The molecule has 0 saturated carbocycles. The van der Waals surface area contributed by atoms with Crippen LogP contribution in [0.5, 0.6) is 0 Å². The topological polar surface area (TPSA) is 58.2 Å². The summed E-state index contributed by atoms with van der Waals surface area (Å²) in [5, 5.41) is 6.06. The maximum Gasteiger partial charge on any atom is 0.220 e. The van der Waals surface area contributed by atoms with Gasteiger partial charge in [0.25, 0.3) is 0 Å². The van der Waals surface area contributed by atoms with Crippen molar-refractivity contribution < 1.29 is 9.59 Å². The Morgan fingerprint density at radius 3 is 2.68 bits per heavy atom. The highest BCUT2D eigenvalue weighted by atomic mass is 16.2. The standard InChI is InChI=1S/C18H26N2O2/c1-2-10-19-11-12-20-18(22)9-8-17(21)16-7-6-14-4-3-5-15(14)13-16/h6-7,13,19H,2-5,8-12H2,1H3,(H,20,22). The minimum absolute atomic E-state index is 0.0483. The van der Waals surface area contributed by atoms with E-state index in [0.717, 1.165) is 37.9 Å². The van der Waals surface area contributed by atoms with Crippen LogP contribution in [-0.2, 0) is 17.6 Å². The summed E-state index contributed by atoms with van der Waals surface area (Å²) in [6.07, 6.45) is 5.02. The summed E-state index contributed by atoms with van der Waals surface area (Å²) in [5.74, 6) is 0.0155. The van der Waals surface area contributed by atoms with E-state index < -0.39 is 0 Å². The summed E-state index contributed by atoms with van der Waals surface area (Å²) in [6.45, 7) is 4.47. The minimum atomic E-state index is -0.0483. The predicted molar refractivity (Wildman–Crippen MR) is 88.2 cm³/mol. The highest BCUT2D eigenvalue weighted by Gasteiger charge is 2.14. The van der Waals surface area contributed by atoms with Crippen LogP contribution in [0.4, 0.5) is 0 Å². The molecule has 22 heavy (non-hydrogen) atoms. The zero-order valence-electron chi connectivity index (χ0n) is 13.4. The number of Topliss-reactive ketones (excluding diaryl/α,β-unsaturated/α-hetero) is 1. The van der Waals surface area contributed by atoms with Gasteiger partial charge in [0.05, 0.1) is 0 Å². The van der Waals surface area contributed by atoms with Crippen LogP contribution in [0.1, 0.15) is 54.1 Å². The fourth-order valence-corrected chi connectivity index (χ4v) is 2.80. The fraction of sp³-hybridized carbons (Fsp3) is 0.556. The van der Waals surface area contributed by atoms with Crippen LogP contribution in [0.25, 0.3) is 0 Å². The molecule has 1 aliphatic carbocycles. The van der Waals surface area contributed by atoms with Gasteiger partial charge >= 0.3 is 0 Å². The van der Waals surface area contributed by atoms with E-state index in [1.54, 1.807) is 0 Å². The van der Waals surface area contributed by atoms with Crippen molar-refractivity contribution in [3.8, 4) is 0 Å². The van der Waals surface area contributed by atoms with Crippen LogP contribution in [-0.4, -0.2) is 31.3 Å². The van der Waals surface area contributed by atoms with Crippen LogP contribution in [0.3, 0.4) is 0 Å². The lowest BCUT2D eigenvalue weighted by Crippen LogP contribution is -2.32. The van der Waals surface area contributed by atoms with E-state index in [1.165, 1.54) is 17.5 Å². The summed E-state index contributed by atoms with van der Waals surface area (Å²) in [6, 6.07) is 5.98. The maximum atomic E-state index is 12.2.